The van der Waals surface area contributed by atoms with Crippen LogP contribution in [0.1, 0.15) is 16.8 Å². The largest absolute Gasteiger partial charge is 0.416 e. The molecule has 0 aliphatic heterocycles. The number of nitrogens with zero attached hydrogens (tertiary/aromatic N) is 4. The highest BCUT2D eigenvalue weighted by Gasteiger charge is 2.29. The first kappa shape index (κ1) is 17.6. The number of benzene rings is 1. The third-order valence-electron chi connectivity index (χ3n) is 3.86. The summed E-state index contributed by atoms with van der Waals surface area (Å²) in [5.41, 5.74) is -0.745. The van der Waals surface area contributed by atoms with Crippen molar-refractivity contribution in [1.82, 2.24) is 19.1 Å². The Hall–Kier alpha value is -3.23. The zero-order valence-corrected chi connectivity index (χ0v) is 13.8. The Bertz CT molecular complexity index is 1130. The lowest BCUT2D eigenvalue weighted by molar-refractivity contribution is -0.137. The van der Waals surface area contributed by atoms with Gasteiger partial charge in [-0.15, -0.1) is 0 Å². The molecule has 0 N–H and O–H groups in total. The molecule has 0 unspecified atom stereocenters. The van der Waals surface area contributed by atoms with Gasteiger partial charge in [-0.2, -0.15) is 13.2 Å². The van der Waals surface area contributed by atoms with Gasteiger partial charge in [-0.3, -0.25) is 13.9 Å². The van der Waals surface area contributed by atoms with Crippen LogP contribution in [0.3, 0.4) is 0 Å². The molecule has 1 aromatic carbocycles. The van der Waals surface area contributed by atoms with Gasteiger partial charge >= 0.3 is 11.9 Å². The molecule has 0 spiro atoms. The molecule has 26 heavy (non-hydrogen) atoms. The molecule has 0 aliphatic carbocycles. The van der Waals surface area contributed by atoms with Crippen molar-refractivity contribution in [2.45, 2.75) is 6.18 Å². The summed E-state index contributed by atoms with van der Waals surface area (Å²) in [6.45, 7) is 0. The van der Waals surface area contributed by atoms with Gasteiger partial charge in [-0.25, -0.2) is 14.8 Å². The van der Waals surface area contributed by atoms with E-state index in [0.29, 0.717) is 11.3 Å². The second-order valence-corrected chi connectivity index (χ2v) is 5.63. The Kier molecular flexibility index (Phi) is 4.23. The third kappa shape index (κ3) is 3.15. The summed E-state index contributed by atoms with van der Waals surface area (Å²) >= 11 is 0. The standard InChI is InChI=1S/C17H13F3N4O2/c1-23-14-13(15(25)24(2)16(23)26)22-12(9-21-14)8-5-10-3-6-11(7-4-10)17(18,19)20/h3-9H,1-2H3/b8-5+. The average Bonchev–Trinajstić information content (AvgIpc) is 2.62. The number of aryl methyl sites for hydroxylation is 1. The number of hydrogen-bond acceptors (Lipinski definition) is 4. The fourth-order valence-corrected chi connectivity index (χ4v) is 2.39. The topological polar surface area (TPSA) is 69.8 Å². The van der Waals surface area contributed by atoms with Crippen LogP contribution in [0.2, 0.25) is 0 Å². The van der Waals surface area contributed by atoms with E-state index in [-0.39, 0.29) is 11.2 Å². The van der Waals surface area contributed by atoms with E-state index < -0.39 is 23.0 Å². The lowest BCUT2D eigenvalue weighted by Gasteiger charge is -2.06. The van der Waals surface area contributed by atoms with Gasteiger partial charge in [0.25, 0.3) is 5.56 Å². The molecule has 0 aliphatic rings. The Balaban J connectivity index is 1.98. The summed E-state index contributed by atoms with van der Waals surface area (Å²) in [6, 6.07) is 4.63. The fourth-order valence-electron chi connectivity index (χ4n) is 2.39. The molecule has 6 nitrogen and oxygen atoms in total. The minimum absolute atomic E-state index is 0.0316. The molecule has 0 amide bonds. The second-order valence-electron chi connectivity index (χ2n) is 5.63. The number of fused-ring (bicyclic) bond motifs is 1. The summed E-state index contributed by atoms with van der Waals surface area (Å²) < 4.78 is 39.8. The van der Waals surface area contributed by atoms with Crippen molar-refractivity contribution in [2.24, 2.45) is 14.1 Å². The van der Waals surface area contributed by atoms with Gasteiger partial charge in [0.2, 0.25) is 0 Å². The Labute approximate surface area is 144 Å². The Morgan fingerprint density at radius 2 is 1.65 bits per heavy atom. The van der Waals surface area contributed by atoms with Crippen LogP contribution in [0, 0.1) is 0 Å². The van der Waals surface area contributed by atoms with Gasteiger partial charge in [0.15, 0.2) is 11.2 Å². The molecule has 2 heterocycles. The molecule has 0 bridgehead atoms. The summed E-state index contributed by atoms with van der Waals surface area (Å²) in [7, 11) is 2.83. The average molecular weight is 362 g/mol. The van der Waals surface area contributed by atoms with Gasteiger partial charge in [0.05, 0.1) is 17.5 Å². The summed E-state index contributed by atoms with van der Waals surface area (Å²) in [5, 5.41) is 0. The monoisotopic (exact) mass is 362 g/mol. The predicted octanol–water partition coefficient (Wildman–Crippen LogP) is 2.22. The van der Waals surface area contributed by atoms with Crippen molar-refractivity contribution in [3.8, 4) is 0 Å². The molecule has 2 aromatic heterocycles. The maximum Gasteiger partial charge on any atom is 0.416 e. The van der Waals surface area contributed by atoms with Crippen LogP contribution in [0.15, 0.2) is 40.1 Å². The number of rotatable bonds is 2. The number of aromatic nitrogens is 4. The summed E-state index contributed by atoms with van der Waals surface area (Å²) in [6.07, 6.45) is 0.0753. The van der Waals surface area contributed by atoms with Crippen LogP contribution in [0.4, 0.5) is 13.2 Å². The van der Waals surface area contributed by atoms with E-state index in [1.165, 1.54) is 43.1 Å². The number of alkyl halides is 3. The molecular formula is C17H13F3N4O2. The van der Waals surface area contributed by atoms with Crippen molar-refractivity contribution in [1.29, 1.82) is 0 Å². The molecule has 0 fully saturated rings. The van der Waals surface area contributed by atoms with Crippen molar-refractivity contribution >= 4 is 23.3 Å². The third-order valence-corrected chi connectivity index (χ3v) is 3.86. The Morgan fingerprint density at radius 1 is 1.00 bits per heavy atom. The highest BCUT2D eigenvalue weighted by atomic mass is 19.4. The highest BCUT2D eigenvalue weighted by molar-refractivity contribution is 5.73. The zero-order valence-electron chi connectivity index (χ0n) is 13.8. The van der Waals surface area contributed by atoms with E-state index in [0.717, 1.165) is 16.7 Å². The van der Waals surface area contributed by atoms with Crippen molar-refractivity contribution in [3.05, 3.63) is 68.1 Å². The SMILES string of the molecule is Cn1c(=O)c2nc(/C=C/c3ccc(C(F)(F)F)cc3)cnc2n(C)c1=O. The lowest BCUT2D eigenvalue weighted by Crippen LogP contribution is -2.37. The zero-order chi connectivity index (χ0) is 19.1. The highest BCUT2D eigenvalue weighted by Crippen LogP contribution is 2.29. The van der Waals surface area contributed by atoms with Crippen LogP contribution in [0.5, 0.6) is 0 Å². The fraction of sp³-hybridized carbons (Fsp3) is 0.176. The van der Waals surface area contributed by atoms with Gasteiger partial charge in [-0.05, 0) is 23.8 Å². The van der Waals surface area contributed by atoms with E-state index in [1.54, 1.807) is 6.08 Å². The van der Waals surface area contributed by atoms with E-state index in [1.807, 2.05) is 0 Å². The van der Waals surface area contributed by atoms with E-state index >= 15 is 0 Å². The predicted molar refractivity (Wildman–Crippen MR) is 90.4 cm³/mol. The van der Waals surface area contributed by atoms with E-state index in [2.05, 4.69) is 9.97 Å². The van der Waals surface area contributed by atoms with Gasteiger partial charge in [0.1, 0.15) is 0 Å². The minimum Gasteiger partial charge on any atom is -0.279 e. The maximum atomic E-state index is 12.6. The molecule has 0 saturated heterocycles. The Morgan fingerprint density at radius 3 is 2.27 bits per heavy atom. The molecule has 134 valence electrons. The second kappa shape index (κ2) is 6.25. The van der Waals surface area contributed by atoms with Crippen molar-refractivity contribution in [2.75, 3.05) is 0 Å². The lowest BCUT2D eigenvalue weighted by atomic mass is 10.1. The van der Waals surface area contributed by atoms with Gasteiger partial charge < -0.3 is 0 Å². The molecule has 3 aromatic rings. The van der Waals surface area contributed by atoms with Crippen molar-refractivity contribution < 1.29 is 13.2 Å². The van der Waals surface area contributed by atoms with E-state index in [9.17, 15) is 22.8 Å². The minimum atomic E-state index is -4.39. The molecule has 0 saturated carbocycles. The van der Waals surface area contributed by atoms with Crippen LogP contribution in [-0.4, -0.2) is 19.1 Å². The van der Waals surface area contributed by atoms with E-state index in [4.69, 9.17) is 0 Å². The van der Waals surface area contributed by atoms with Crippen LogP contribution in [-0.2, 0) is 20.3 Å². The molecule has 9 heteroatoms. The molecular weight excluding hydrogens is 349 g/mol. The van der Waals surface area contributed by atoms with Gasteiger partial charge in [0, 0.05) is 14.1 Å². The first-order chi connectivity index (χ1) is 12.2. The summed E-state index contributed by atoms with van der Waals surface area (Å²) in [4.78, 5) is 32.3. The number of halogens is 3. The maximum absolute atomic E-state index is 12.6. The first-order valence-electron chi connectivity index (χ1n) is 7.46. The number of hydrogen-bond donors (Lipinski definition) is 0. The first-order valence-corrected chi connectivity index (χ1v) is 7.46. The summed E-state index contributed by atoms with van der Waals surface area (Å²) in [5.74, 6) is 0. The van der Waals surface area contributed by atoms with Crippen LogP contribution in [0.25, 0.3) is 23.3 Å². The quantitative estimate of drug-likeness (QED) is 0.701. The van der Waals surface area contributed by atoms with Crippen LogP contribution < -0.4 is 11.2 Å². The smallest absolute Gasteiger partial charge is 0.279 e. The molecule has 0 radical (unpaired) electrons. The van der Waals surface area contributed by atoms with Gasteiger partial charge in [-0.1, -0.05) is 18.2 Å². The molecule has 0 atom stereocenters. The van der Waals surface area contributed by atoms with Crippen molar-refractivity contribution in [3.63, 3.8) is 0 Å². The normalized spacial score (nSPS) is 12.2. The molecule has 3 rings (SSSR count). The van der Waals surface area contributed by atoms with Crippen LogP contribution >= 0.6 is 0 Å².